The van der Waals surface area contributed by atoms with E-state index in [2.05, 4.69) is 40.6 Å². The van der Waals surface area contributed by atoms with Gasteiger partial charge in [-0.25, -0.2) is 0 Å². The molecule has 5 heteroatoms. The van der Waals surface area contributed by atoms with Crippen molar-refractivity contribution in [3.05, 3.63) is 65.4 Å². The molecule has 2 unspecified atom stereocenters. The fourth-order valence-electron chi connectivity index (χ4n) is 5.06. The Labute approximate surface area is 182 Å². The molecule has 2 N–H and O–H groups in total. The molecule has 2 aliphatic rings. The lowest BCUT2D eigenvalue weighted by Crippen LogP contribution is -2.43. The number of fused-ring (bicyclic) bond motifs is 3. The van der Waals surface area contributed by atoms with Crippen LogP contribution in [0.1, 0.15) is 29.7 Å². The van der Waals surface area contributed by atoms with E-state index in [1.165, 1.54) is 22.4 Å². The standard InChI is InChI=1S/C26H28N2O3/c1-30-24-14-20-19-12-18(8-9-21(19)28-22(20)15-25(24)31-2)26(29)23-13-17(10-11-27-23)16-6-4-3-5-7-16/h3-7,10,14-15,18,23,27-28H,8-9,11-13H2,1-2H3. The first kappa shape index (κ1) is 19.9. The highest BCUT2D eigenvalue weighted by atomic mass is 16.5. The summed E-state index contributed by atoms with van der Waals surface area (Å²) < 4.78 is 11.0. The van der Waals surface area contributed by atoms with Crippen molar-refractivity contribution in [2.75, 3.05) is 20.8 Å². The number of H-pyrrole nitrogens is 1. The Morgan fingerprint density at radius 1 is 1.03 bits per heavy atom. The molecule has 31 heavy (non-hydrogen) atoms. The number of nitrogens with one attached hydrogen (secondary N) is 2. The van der Waals surface area contributed by atoms with Gasteiger partial charge >= 0.3 is 0 Å². The van der Waals surface area contributed by atoms with Gasteiger partial charge in [0.2, 0.25) is 0 Å². The van der Waals surface area contributed by atoms with E-state index in [1.807, 2.05) is 18.2 Å². The lowest BCUT2D eigenvalue weighted by atomic mass is 9.79. The lowest BCUT2D eigenvalue weighted by Gasteiger charge is -2.29. The molecule has 5 nitrogen and oxygen atoms in total. The van der Waals surface area contributed by atoms with Crippen molar-refractivity contribution in [3.63, 3.8) is 0 Å². The number of methoxy groups -OCH3 is 2. The fraction of sp³-hybridized carbons (Fsp3) is 0.346. The summed E-state index contributed by atoms with van der Waals surface area (Å²) in [6, 6.07) is 14.3. The third-order valence-corrected chi connectivity index (χ3v) is 6.72. The molecule has 160 valence electrons. The maximum Gasteiger partial charge on any atom is 0.162 e. The van der Waals surface area contributed by atoms with Gasteiger partial charge in [0.05, 0.1) is 20.3 Å². The van der Waals surface area contributed by atoms with Crippen LogP contribution in [0.15, 0.2) is 48.5 Å². The predicted molar refractivity (Wildman–Crippen MR) is 123 cm³/mol. The predicted octanol–water partition coefficient (Wildman–Crippen LogP) is 4.30. The lowest BCUT2D eigenvalue weighted by molar-refractivity contribution is -0.125. The summed E-state index contributed by atoms with van der Waals surface area (Å²) in [7, 11) is 3.30. The van der Waals surface area contributed by atoms with Crippen LogP contribution in [0.25, 0.3) is 16.5 Å². The SMILES string of the molecule is COc1cc2[nH]c3c(c2cc1OC)CC(C(=O)C1CC(c2ccccc2)=CCN1)CC3. The molecule has 0 bridgehead atoms. The molecule has 0 fully saturated rings. The summed E-state index contributed by atoms with van der Waals surface area (Å²) in [5.74, 6) is 1.80. The highest BCUT2D eigenvalue weighted by Gasteiger charge is 2.33. The largest absolute Gasteiger partial charge is 0.493 e. The number of hydrogen-bond acceptors (Lipinski definition) is 4. The van der Waals surface area contributed by atoms with Gasteiger partial charge in [-0.15, -0.1) is 0 Å². The average Bonchev–Trinajstić information content (AvgIpc) is 3.19. The van der Waals surface area contributed by atoms with Gasteiger partial charge in [0.25, 0.3) is 0 Å². The second kappa shape index (κ2) is 8.23. The van der Waals surface area contributed by atoms with E-state index in [0.717, 1.165) is 48.9 Å². The Morgan fingerprint density at radius 2 is 1.81 bits per heavy atom. The molecular weight excluding hydrogens is 388 g/mol. The topological polar surface area (TPSA) is 63.4 Å². The number of rotatable bonds is 5. The van der Waals surface area contributed by atoms with Crippen LogP contribution in [0.3, 0.4) is 0 Å². The Balaban J connectivity index is 1.38. The van der Waals surface area contributed by atoms with Crippen LogP contribution in [0.2, 0.25) is 0 Å². The Bertz CT molecular complexity index is 1150. The van der Waals surface area contributed by atoms with Crippen LogP contribution in [-0.2, 0) is 17.6 Å². The second-order valence-corrected chi connectivity index (χ2v) is 8.44. The Kier molecular flexibility index (Phi) is 5.28. The number of ketones is 1. The molecule has 0 saturated heterocycles. The van der Waals surface area contributed by atoms with Gasteiger partial charge in [-0.05, 0) is 48.4 Å². The summed E-state index contributed by atoms with van der Waals surface area (Å²) in [5.41, 5.74) is 6.00. The van der Waals surface area contributed by atoms with Crippen molar-refractivity contribution >= 4 is 22.3 Å². The van der Waals surface area contributed by atoms with Gasteiger partial charge in [-0.2, -0.15) is 0 Å². The minimum absolute atomic E-state index is 0.0345. The smallest absolute Gasteiger partial charge is 0.162 e. The maximum absolute atomic E-state index is 13.5. The number of benzene rings is 2. The Hall–Kier alpha value is -3.05. The van der Waals surface area contributed by atoms with Gasteiger partial charge in [0, 0.05) is 35.1 Å². The van der Waals surface area contributed by atoms with Gasteiger partial charge in [0.15, 0.2) is 17.3 Å². The monoisotopic (exact) mass is 416 g/mol. The van der Waals surface area contributed by atoms with Crippen molar-refractivity contribution < 1.29 is 14.3 Å². The number of ether oxygens (including phenoxy) is 2. The van der Waals surface area contributed by atoms with Crippen LogP contribution >= 0.6 is 0 Å². The number of carbonyl (C=O) groups is 1. The van der Waals surface area contributed by atoms with Crippen LogP contribution in [-0.4, -0.2) is 37.6 Å². The molecule has 0 spiro atoms. The van der Waals surface area contributed by atoms with E-state index in [9.17, 15) is 4.79 Å². The number of aromatic amines is 1. The number of hydrogen-bond donors (Lipinski definition) is 2. The summed E-state index contributed by atoms with van der Waals surface area (Å²) in [5, 5.41) is 4.57. The van der Waals surface area contributed by atoms with Crippen LogP contribution in [0, 0.1) is 5.92 Å². The zero-order valence-corrected chi connectivity index (χ0v) is 18.0. The average molecular weight is 417 g/mol. The van der Waals surface area contributed by atoms with E-state index in [0.29, 0.717) is 11.5 Å². The van der Waals surface area contributed by atoms with Crippen LogP contribution in [0.4, 0.5) is 0 Å². The molecule has 0 amide bonds. The normalized spacial score (nSPS) is 20.8. The number of Topliss-reactive ketones (excluding diaryl/α,β-unsaturated/α-hetero) is 1. The van der Waals surface area contributed by atoms with E-state index in [4.69, 9.17) is 9.47 Å². The number of aryl methyl sites for hydroxylation is 1. The van der Waals surface area contributed by atoms with Crippen molar-refractivity contribution in [2.24, 2.45) is 5.92 Å². The van der Waals surface area contributed by atoms with Crippen LogP contribution in [0.5, 0.6) is 11.5 Å². The zero-order chi connectivity index (χ0) is 21.4. The van der Waals surface area contributed by atoms with Crippen molar-refractivity contribution in [1.82, 2.24) is 10.3 Å². The third-order valence-electron chi connectivity index (χ3n) is 6.72. The molecular formula is C26H28N2O3. The minimum atomic E-state index is -0.119. The molecule has 2 atom stereocenters. The summed E-state index contributed by atoms with van der Waals surface area (Å²) >= 11 is 0. The third kappa shape index (κ3) is 3.63. The summed E-state index contributed by atoms with van der Waals surface area (Å²) in [6.07, 6.45) is 5.50. The van der Waals surface area contributed by atoms with E-state index in [-0.39, 0.29) is 12.0 Å². The molecule has 2 heterocycles. The van der Waals surface area contributed by atoms with Gasteiger partial charge in [-0.3, -0.25) is 4.79 Å². The number of carbonyl (C=O) groups excluding carboxylic acids is 1. The van der Waals surface area contributed by atoms with Gasteiger partial charge in [-0.1, -0.05) is 36.4 Å². The number of aromatic nitrogens is 1. The first-order valence-electron chi connectivity index (χ1n) is 10.9. The van der Waals surface area contributed by atoms with E-state index in [1.54, 1.807) is 14.2 Å². The minimum Gasteiger partial charge on any atom is -0.493 e. The summed E-state index contributed by atoms with van der Waals surface area (Å²) in [6.45, 7) is 0.739. The molecule has 5 rings (SSSR count). The van der Waals surface area contributed by atoms with Crippen molar-refractivity contribution in [3.8, 4) is 11.5 Å². The van der Waals surface area contributed by atoms with E-state index >= 15 is 0 Å². The van der Waals surface area contributed by atoms with Gasteiger partial charge < -0.3 is 19.8 Å². The highest BCUT2D eigenvalue weighted by molar-refractivity contribution is 5.92. The summed E-state index contributed by atoms with van der Waals surface area (Å²) in [4.78, 5) is 17.0. The molecule has 1 aliphatic heterocycles. The second-order valence-electron chi connectivity index (χ2n) is 8.44. The van der Waals surface area contributed by atoms with Crippen molar-refractivity contribution in [1.29, 1.82) is 0 Å². The molecule has 3 aromatic rings. The first-order valence-corrected chi connectivity index (χ1v) is 10.9. The molecule has 2 aromatic carbocycles. The van der Waals surface area contributed by atoms with E-state index < -0.39 is 0 Å². The molecule has 0 saturated carbocycles. The van der Waals surface area contributed by atoms with Gasteiger partial charge in [0.1, 0.15) is 0 Å². The molecule has 1 aromatic heterocycles. The molecule has 0 radical (unpaired) electrons. The van der Waals surface area contributed by atoms with Crippen molar-refractivity contribution in [2.45, 2.75) is 31.7 Å². The first-order chi connectivity index (χ1) is 15.2. The highest BCUT2D eigenvalue weighted by Crippen LogP contribution is 2.38. The zero-order valence-electron chi connectivity index (χ0n) is 18.0. The maximum atomic E-state index is 13.5. The van der Waals surface area contributed by atoms with Crippen LogP contribution < -0.4 is 14.8 Å². The quantitative estimate of drug-likeness (QED) is 0.651. The fourth-order valence-corrected chi connectivity index (χ4v) is 5.06. The molecule has 1 aliphatic carbocycles. The Morgan fingerprint density at radius 3 is 2.58 bits per heavy atom.